The van der Waals surface area contributed by atoms with Crippen molar-refractivity contribution in [3.63, 3.8) is 0 Å². The van der Waals surface area contributed by atoms with Gasteiger partial charge in [0.15, 0.2) is 0 Å². The Bertz CT molecular complexity index is 632. The molecule has 1 aromatic carbocycles. The first-order chi connectivity index (χ1) is 11.2. The molecule has 6 heteroatoms. The predicted molar refractivity (Wildman–Crippen MR) is 99.9 cm³/mol. The lowest BCUT2D eigenvalue weighted by Gasteiger charge is -2.26. The highest BCUT2D eigenvalue weighted by atomic mass is 32.2. The van der Waals surface area contributed by atoms with Crippen molar-refractivity contribution < 1.29 is 13.2 Å². The van der Waals surface area contributed by atoms with E-state index in [2.05, 4.69) is 19.2 Å². The fraction of sp³-hybridized carbons (Fsp3) is 0.611. The van der Waals surface area contributed by atoms with Gasteiger partial charge in [-0.05, 0) is 36.3 Å². The summed E-state index contributed by atoms with van der Waals surface area (Å²) in [7, 11) is -3.55. The summed E-state index contributed by atoms with van der Waals surface area (Å²) in [6, 6.07) is 5.77. The molecule has 0 aliphatic rings. The molecule has 0 atom stereocenters. The van der Waals surface area contributed by atoms with Crippen LogP contribution in [0.25, 0.3) is 0 Å². The van der Waals surface area contributed by atoms with E-state index in [9.17, 15) is 13.2 Å². The van der Waals surface area contributed by atoms with Gasteiger partial charge in [0.25, 0.3) is 0 Å². The molecule has 0 unspecified atom stereocenters. The van der Waals surface area contributed by atoms with Crippen LogP contribution in [0, 0.1) is 5.92 Å². The van der Waals surface area contributed by atoms with E-state index in [4.69, 9.17) is 0 Å². The molecule has 24 heavy (non-hydrogen) atoms. The van der Waals surface area contributed by atoms with Gasteiger partial charge < -0.3 is 5.32 Å². The zero-order valence-corrected chi connectivity index (χ0v) is 16.2. The molecule has 0 bridgehead atoms. The molecule has 0 aromatic heterocycles. The lowest BCUT2D eigenvalue weighted by Crippen LogP contribution is -2.41. The Morgan fingerprint density at radius 2 is 1.71 bits per heavy atom. The number of carbonyl (C=O) groups excluding carboxylic acids is 1. The van der Waals surface area contributed by atoms with Gasteiger partial charge in [0.2, 0.25) is 15.9 Å². The maximum absolute atomic E-state index is 12.3. The molecule has 0 radical (unpaired) electrons. The number of benzene rings is 1. The summed E-state index contributed by atoms with van der Waals surface area (Å²) in [6.45, 7) is 8.52. The van der Waals surface area contributed by atoms with E-state index in [1.54, 1.807) is 0 Å². The lowest BCUT2D eigenvalue weighted by atomic mass is 10.0. The Kier molecular flexibility index (Phi) is 7.73. The molecule has 136 valence electrons. The van der Waals surface area contributed by atoms with Gasteiger partial charge in [-0.2, -0.15) is 0 Å². The van der Waals surface area contributed by atoms with E-state index >= 15 is 0 Å². The molecule has 1 N–H and O–H groups in total. The summed E-state index contributed by atoms with van der Waals surface area (Å²) in [5, 5.41) is 2.82. The molecule has 0 saturated carbocycles. The van der Waals surface area contributed by atoms with Gasteiger partial charge in [0.05, 0.1) is 11.9 Å². The minimum Gasteiger partial charge on any atom is -0.355 e. The monoisotopic (exact) mass is 354 g/mol. The number of amides is 1. The third-order valence-electron chi connectivity index (χ3n) is 3.95. The number of carbonyl (C=O) groups is 1. The minimum absolute atomic E-state index is 0.180. The molecule has 0 saturated heterocycles. The van der Waals surface area contributed by atoms with Crippen molar-refractivity contribution in [2.24, 2.45) is 5.92 Å². The topological polar surface area (TPSA) is 66.5 Å². The zero-order chi connectivity index (χ0) is 18.3. The van der Waals surface area contributed by atoms with Crippen LogP contribution < -0.4 is 9.62 Å². The number of hydrogen-bond acceptors (Lipinski definition) is 3. The summed E-state index contributed by atoms with van der Waals surface area (Å²) < 4.78 is 25.9. The molecular weight excluding hydrogens is 324 g/mol. The van der Waals surface area contributed by atoms with Crippen molar-refractivity contribution in [3.8, 4) is 0 Å². The molecular formula is C18H30N2O3S. The Morgan fingerprint density at radius 3 is 2.12 bits per heavy atom. The summed E-state index contributed by atoms with van der Waals surface area (Å²) >= 11 is 0. The Balaban J connectivity index is 3.10. The number of sulfonamides is 1. The molecule has 1 amide bonds. The van der Waals surface area contributed by atoms with Crippen LogP contribution in [-0.2, 0) is 27.7 Å². The summed E-state index contributed by atoms with van der Waals surface area (Å²) in [4.78, 5) is 12.2. The number of anilines is 1. The van der Waals surface area contributed by atoms with Crippen LogP contribution in [0.4, 0.5) is 5.69 Å². The first kappa shape index (κ1) is 20.5. The summed E-state index contributed by atoms with van der Waals surface area (Å²) in [6.07, 6.45) is 3.45. The van der Waals surface area contributed by atoms with Gasteiger partial charge in [-0.25, -0.2) is 8.42 Å². The van der Waals surface area contributed by atoms with Gasteiger partial charge in [-0.1, -0.05) is 45.9 Å². The lowest BCUT2D eigenvalue weighted by molar-refractivity contribution is -0.119. The number of nitrogens with one attached hydrogen (secondary N) is 1. The minimum atomic E-state index is -3.55. The number of nitrogens with zero attached hydrogens (tertiary/aromatic N) is 1. The highest BCUT2D eigenvalue weighted by Gasteiger charge is 2.24. The molecule has 0 fully saturated rings. The van der Waals surface area contributed by atoms with Crippen LogP contribution in [0.5, 0.6) is 0 Å². The quantitative estimate of drug-likeness (QED) is 0.741. The van der Waals surface area contributed by atoms with Crippen molar-refractivity contribution in [2.45, 2.75) is 47.0 Å². The maximum atomic E-state index is 12.3. The van der Waals surface area contributed by atoms with Crippen LogP contribution in [0.2, 0.25) is 0 Å². The number of rotatable bonds is 9. The van der Waals surface area contributed by atoms with Crippen molar-refractivity contribution in [2.75, 3.05) is 23.7 Å². The number of para-hydroxylation sites is 1. The predicted octanol–water partition coefficient (Wildman–Crippen LogP) is 2.74. The van der Waals surface area contributed by atoms with Crippen LogP contribution >= 0.6 is 0 Å². The average molecular weight is 355 g/mol. The third-order valence-corrected chi connectivity index (χ3v) is 5.06. The van der Waals surface area contributed by atoms with Crippen molar-refractivity contribution >= 4 is 21.6 Å². The average Bonchev–Trinajstić information content (AvgIpc) is 2.50. The summed E-state index contributed by atoms with van der Waals surface area (Å²) in [5.74, 6) is 0.220. The molecule has 0 aliphatic heterocycles. The Hall–Kier alpha value is -1.56. The highest BCUT2D eigenvalue weighted by Crippen LogP contribution is 2.28. The van der Waals surface area contributed by atoms with Gasteiger partial charge in [-0.15, -0.1) is 0 Å². The fourth-order valence-electron chi connectivity index (χ4n) is 2.58. The summed E-state index contributed by atoms with van der Waals surface area (Å²) in [5.41, 5.74) is 2.54. The van der Waals surface area contributed by atoms with Crippen molar-refractivity contribution in [1.82, 2.24) is 5.32 Å². The molecule has 1 rings (SSSR count). The highest BCUT2D eigenvalue weighted by molar-refractivity contribution is 7.92. The normalized spacial score (nSPS) is 11.6. The van der Waals surface area contributed by atoms with Crippen LogP contribution in [-0.4, -0.2) is 33.7 Å². The van der Waals surface area contributed by atoms with Gasteiger partial charge >= 0.3 is 0 Å². The second-order valence-corrected chi connectivity index (χ2v) is 8.34. The van der Waals surface area contributed by atoms with Crippen molar-refractivity contribution in [3.05, 3.63) is 29.3 Å². The van der Waals surface area contributed by atoms with E-state index < -0.39 is 10.0 Å². The largest absolute Gasteiger partial charge is 0.355 e. The molecule has 0 heterocycles. The van der Waals surface area contributed by atoms with Gasteiger partial charge in [0.1, 0.15) is 6.54 Å². The van der Waals surface area contributed by atoms with E-state index in [-0.39, 0.29) is 12.5 Å². The smallest absolute Gasteiger partial charge is 0.240 e. The number of aryl methyl sites for hydroxylation is 2. The number of hydrogen-bond donors (Lipinski definition) is 1. The van der Waals surface area contributed by atoms with Crippen LogP contribution in [0.15, 0.2) is 18.2 Å². The van der Waals surface area contributed by atoms with Gasteiger partial charge in [-0.3, -0.25) is 9.10 Å². The SMILES string of the molecule is CCc1cccc(CC)c1N(CC(=O)NCCC(C)C)S(C)(=O)=O. The van der Waals surface area contributed by atoms with Gasteiger partial charge in [0, 0.05) is 6.54 Å². The van der Waals surface area contributed by atoms with Crippen molar-refractivity contribution in [1.29, 1.82) is 0 Å². The second kappa shape index (κ2) is 9.06. The zero-order valence-electron chi connectivity index (χ0n) is 15.4. The molecule has 1 aromatic rings. The first-order valence-electron chi connectivity index (χ1n) is 8.55. The fourth-order valence-corrected chi connectivity index (χ4v) is 3.50. The van der Waals surface area contributed by atoms with Crippen LogP contribution in [0.1, 0.15) is 45.2 Å². The van der Waals surface area contributed by atoms with E-state index in [1.165, 1.54) is 4.31 Å². The van der Waals surface area contributed by atoms with E-state index in [0.717, 1.165) is 23.8 Å². The van der Waals surface area contributed by atoms with Crippen LogP contribution in [0.3, 0.4) is 0 Å². The standard InChI is InChI=1S/C18H30N2O3S/c1-6-15-9-8-10-16(7-2)18(15)20(24(5,22)23)13-17(21)19-12-11-14(3)4/h8-10,14H,6-7,11-13H2,1-5H3,(H,19,21). The van der Waals surface area contributed by atoms with E-state index in [1.807, 2.05) is 32.0 Å². The third kappa shape index (κ3) is 5.82. The second-order valence-electron chi connectivity index (χ2n) is 6.43. The Morgan fingerprint density at radius 1 is 1.17 bits per heavy atom. The maximum Gasteiger partial charge on any atom is 0.240 e. The Labute approximate surface area is 146 Å². The van der Waals surface area contributed by atoms with E-state index in [0.29, 0.717) is 31.0 Å². The molecule has 0 spiro atoms. The molecule has 5 nitrogen and oxygen atoms in total. The first-order valence-corrected chi connectivity index (χ1v) is 10.4. The molecule has 0 aliphatic carbocycles.